The van der Waals surface area contributed by atoms with Gasteiger partial charge in [-0.3, -0.25) is 0 Å². The number of ether oxygens (including phenoxy) is 1. The van der Waals surface area contributed by atoms with Crippen molar-refractivity contribution in [2.75, 3.05) is 14.2 Å². The summed E-state index contributed by atoms with van der Waals surface area (Å²) < 4.78 is 5.26. The topological polar surface area (TPSA) is 21.3 Å². The Morgan fingerprint density at radius 2 is 2.07 bits per heavy atom. The lowest BCUT2D eigenvalue weighted by molar-refractivity contribution is 0.104. The van der Waals surface area contributed by atoms with E-state index in [2.05, 4.69) is 19.3 Å². The van der Waals surface area contributed by atoms with E-state index in [1.54, 1.807) is 7.11 Å². The van der Waals surface area contributed by atoms with Crippen LogP contribution in [0.15, 0.2) is 0 Å². The van der Waals surface area contributed by atoms with Crippen molar-refractivity contribution < 1.29 is 4.74 Å². The van der Waals surface area contributed by atoms with Gasteiger partial charge in [-0.15, -0.1) is 0 Å². The summed E-state index contributed by atoms with van der Waals surface area (Å²) in [7, 11) is 3.88. The van der Waals surface area contributed by atoms with Crippen LogP contribution < -0.4 is 5.32 Å². The number of hydrogen-bond acceptors (Lipinski definition) is 2. The smallest absolute Gasteiger partial charge is 0.0543 e. The molecule has 0 amide bonds. The molecule has 1 aliphatic carbocycles. The summed E-state index contributed by atoms with van der Waals surface area (Å²) in [5.41, 5.74) is 0. The minimum atomic E-state index is 0.409. The highest BCUT2D eigenvalue weighted by atomic mass is 16.5. The molecule has 1 N–H and O–H groups in total. The Labute approximate surface area is 88.4 Å². The molecule has 2 heteroatoms. The molecule has 0 saturated heterocycles. The molecule has 0 aromatic heterocycles. The van der Waals surface area contributed by atoms with E-state index < -0.39 is 0 Å². The second-order valence-electron chi connectivity index (χ2n) is 4.64. The molecule has 1 rings (SSSR count). The zero-order chi connectivity index (χ0) is 10.4. The van der Waals surface area contributed by atoms with Gasteiger partial charge in [-0.05, 0) is 39.2 Å². The summed E-state index contributed by atoms with van der Waals surface area (Å²) in [6, 6.07) is 0.706. The highest BCUT2D eigenvalue weighted by molar-refractivity contribution is 4.77. The normalized spacial score (nSPS) is 21.6. The maximum Gasteiger partial charge on any atom is 0.0543 e. The fraction of sp³-hybridized carbons (Fsp3) is 1.00. The average molecular weight is 199 g/mol. The third kappa shape index (κ3) is 3.97. The fourth-order valence-electron chi connectivity index (χ4n) is 2.06. The summed E-state index contributed by atoms with van der Waals surface area (Å²) >= 11 is 0. The van der Waals surface area contributed by atoms with Crippen LogP contribution in [0.4, 0.5) is 0 Å². The summed E-state index contributed by atoms with van der Waals surface area (Å²) in [6.07, 6.45) is 8.57. The van der Waals surface area contributed by atoms with Crippen LogP contribution in [0.25, 0.3) is 0 Å². The Morgan fingerprint density at radius 1 is 1.36 bits per heavy atom. The third-order valence-electron chi connectivity index (χ3n) is 3.57. The van der Waals surface area contributed by atoms with Gasteiger partial charge in [-0.25, -0.2) is 0 Å². The van der Waals surface area contributed by atoms with Crippen LogP contribution >= 0.6 is 0 Å². The first-order chi connectivity index (χ1) is 6.76. The SMILES string of the molecule is CNC(CCC(C)OC)CC1CCC1. The van der Waals surface area contributed by atoms with E-state index in [4.69, 9.17) is 4.74 Å². The molecule has 0 aromatic rings. The Bertz CT molecular complexity index is 145. The molecule has 1 fully saturated rings. The van der Waals surface area contributed by atoms with E-state index in [0.717, 1.165) is 5.92 Å². The molecule has 14 heavy (non-hydrogen) atoms. The van der Waals surface area contributed by atoms with Crippen molar-refractivity contribution in [3.63, 3.8) is 0 Å². The molecule has 0 aliphatic heterocycles. The zero-order valence-corrected chi connectivity index (χ0v) is 9.88. The van der Waals surface area contributed by atoms with Gasteiger partial charge in [0.15, 0.2) is 0 Å². The van der Waals surface area contributed by atoms with Gasteiger partial charge in [0.05, 0.1) is 6.10 Å². The first-order valence-electron chi connectivity index (χ1n) is 5.96. The summed E-state index contributed by atoms with van der Waals surface area (Å²) in [4.78, 5) is 0. The van der Waals surface area contributed by atoms with Crippen LogP contribution in [-0.4, -0.2) is 26.3 Å². The minimum absolute atomic E-state index is 0.409. The lowest BCUT2D eigenvalue weighted by Crippen LogP contribution is -2.30. The van der Waals surface area contributed by atoms with Crippen molar-refractivity contribution in [1.82, 2.24) is 5.32 Å². The van der Waals surface area contributed by atoms with Gasteiger partial charge in [0.2, 0.25) is 0 Å². The predicted molar refractivity (Wildman–Crippen MR) is 60.5 cm³/mol. The maximum atomic E-state index is 5.26. The van der Waals surface area contributed by atoms with Crippen LogP contribution in [-0.2, 0) is 4.74 Å². The first kappa shape index (κ1) is 12.0. The molecular formula is C12H25NO. The minimum Gasteiger partial charge on any atom is -0.382 e. The second kappa shape index (κ2) is 6.41. The van der Waals surface area contributed by atoms with Crippen molar-refractivity contribution >= 4 is 0 Å². The summed E-state index contributed by atoms with van der Waals surface area (Å²) in [6.45, 7) is 2.15. The van der Waals surface area contributed by atoms with Crippen molar-refractivity contribution in [1.29, 1.82) is 0 Å². The number of hydrogen-bond donors (Lipinski definition) is 1. The Hall–Kier alpha value is -0.0800. The highest BCUT2D eigenvalue weighted by Gasteiger charge is 2.21. The summed E-state index contributed by atoms with van der Waals surface area (Å²) in [5.74, 6) is 1.00. The van der Waals surface area contributed by atoms with E-state index in [1.807, 2.05) is 0 Å². The molecule has 0 bridgehead atoms. The third-order valence-corrected chi connectivity index (χ3v) is 3.57. The first-order valence-corrected chi connectivity index (χ1v) is 5.96. The van der Waals surface area contributed by atoms with Gasteiger partial charge in [0, 0.05) is 13.2 Å². The van der Waals surface area contributed by atoms with E-state index in [1.165, 1.54) is 38.5 Å². The van der Waals surface area contributed by atoms with Crippen molar-refractivity contribution in [2.45, 2.75) is 57.6 Å². The summed E-state index contributed by atoms with van der Waals surface area (Å²) in [5, 5.41) is 3.43. The molecule has 2 atom stereocenters. The lowest BCUT2D eigenvalue weighted by atomic mass is 9.80. The molecule has 0 radical (unpaired) electrons. The van der Waals surface area contributed by atoms with Gasteiger partial charge in [0.25, 0.3) is 0 Å². The lowest BCUT2D eigenvalue weighted by Gasteiger charge is -2.30. The Morgan fingerprint density at radius 3 is 2.50 bits per heavy atom. The molecule has 1 saturated carbocycles. The maximum absolute atomic E-state index is 5.26. The van der Waals surface area contributed by atoms with Crippen LogP contribution in [0.5, 0.6) is 0 Å². The number of nitrogens with one attached hydrogen (secondary N) is 1. The highest BCUT2D eigenvalue weighted by Crippen LogP contribution is 2.31. The predicted octanol–water partition coefficient (Wildman–Crippen LogP) is 2.58. The van der Waals surface area contributed by atoms with Crippen LogP contribution in [0, 0.1) is 5.92 Å². The van der Waals surface area contributed by atoms with E-state index >= 15 is 0 Å². The van der Waals surface area contributed by atoms with Gasteiger partial charge in [0.1, 0.15) is 0 Å². The zero-order valence-electron chi connectivity index (χ0n) is 9.88. The van der Waals surface area contributed by atoms with E-state index in [9.17, 15) is 0 Å². The molecule has 2 unspecified atom stereocenters. The van der Waals surface area contributed by atoms with Crippen LogP contribution in [0.1, 0.15) is 45.4 Å². The molecular weight excluding hydrogens is 174 g/mol. The van der Waals surface area contributed by atoms with Crippen molar-refractivity contribution in [3.05, 3.63) is 0 Å². The standard InChI is InChI=1S/C12H25NO/c1-10(14-3)7-8-12(13-2)9-11-5-4-6-11/h10-13H,4-9H2,1-3H3. The van der Waals surface area contributed by atoms with Gasteiger partial charge in [-0.2, -0.15) is 0 Å². The monoisotopic (exact) mass is 199 g/mol. The van der Waals surface area contributed by atoms with Crippen molar-refractivity contribution in [3.8, 4) is 0 Å². The number of rotatable bonds is 7. The van der Waals surface area contributed by atoms with E-state index in [0.29, 0.717) is 12.1 Å². The molecule has 0 aromatic carbocycles. The molecule has 1 aliphatic rings. The molecule has 0 spiro atoms. The van der Waals surface area contributed by atoms with Crippen LogP contribution in [0.3, 0.4) is 0 Å². The van der Waals surface area contributed by atoms with Gasteiger partial charge in [-0.1, -0.05) is 19.3 Å². The Balaban J connectivity index is 2.10. The second-order valence-corrected chi connectivity index (χ2v) is 4.64. The largest absolute Gasteiger partial charge is 0.382 e. The Kier molecular flexibility index (Phi) is 5.49. The molecule has 84 valence electrons. The fourth-order valence-corrected chi connectivity index (χ4v) is 2.06. The van der Waals surface area contributed by atoms with Gasteiger partial charge >= 0.3 is 0 Å². The molecule has 0 heterocycles. The average Bonchev–Trinajstić information content (AvgIpc) is 2.15. The van der Waals surface area contributed by atoms with Gasteiger partial charge < -0.3 is 10.1 Å². The molecule has 2 nitrogen and oxygen atoms in total. The van der Waals surface area contributed by atoms with E-state index in [-0.39, 0.29) is 0 Å². The van der Waals surface area contributed by atoms with Crippen LogP contribution in [0.2, 0.25) is 0 Å². The number of methoxy groups -OCH3 is 1. The van der Waals surface area contributed by atoms with Crippen molar-refractivity contribution in [2.24, 2.45) is 5.92 Å². The quantitative estimate of drug-likeness (QED) is 0.680.